The molecule has 0 aliphatic carbocycles. The van der Waals surface area contributed by atoms with E-state index in [2.05, 4.69) is 27.2 Å². The van der Waals surface area contributed by atoms with Crippen molar-refractivity contribution in [3.63, 3.8) is 0 Å². The number of rotatable bonds is 7. The molecule has 0 radical (unpaired) electrons. The molecule has 0 aromatic heterocycles. The highest BCUT2D eigenvalue weighted by Crippen LogP contribution is 2.09. The number of carbonyl (C=O) groups is 1. The van der Waals surface area contributed by atoms with Crippen molar-refractivity contribution in [2.45, 2.75) is 52.2 Å². The van der Waals surface area contributed by atoms with Crippen LogP contribution in [0.15, 0.2) is 4.99 Å². The van der Waals surface area contributed by atoms with E-state index in [0.29, 0.717) is 6.54 Å². The molecule has 0 fully saturated rings. The minimum absolute atomic E-state index is 0.415. The van der Waals surface area contributed by atoms with Crippen LogP contribution in [0.4, 0.5) is 4.79 Å². The topological polar surface area (TPSA) is 74.8 Å². The van der Waals surface area contributed by atoms with Crippen molar-refractivity contribution in [1.29, 1.82) is 0 Å². The highest BCUT2D eigenvalue weighted by molar-refractivity contribution is 7.98. The van der Waals surface area contributed by atoms with Crippen LogP contribution in [0.25, 0.3) is 0 Å². The fraction of sp³-hybridized carbons (Fsp3) is 0.867. The number of hydrogen-bond donors (Lipinski definition) is 3. The summed E-state index contributed by atoms with van der Waals surface area (Å²) in [5.41, 5.74) is -0.943. The molecule has 0 aliphatic rings. The Balaban J connectivity index is 4.20. The third kappa shape index (κ3) is 11.5. The molecule has 0 aliphatic heterocycles. The van der Waals surface area contributed by atoms with Gasteiger partial charge in [0.1, 0.15) is 5.60 Å². The van der Waals surface area contributed by atoms with Gasteiger partial charge >= 0.3 is 6.09 Å². The van der Waals surface area contributed by atoms with Crippen molar-refractivity contribution in [2.24, 2.45) is 4.99 Å². The van der Waals surface area contributed by atoms with Gasteiger partial charge in [-0.2, -0.15) is 11.8 Å². The molecule has 0 bridgehead atoms. The van der Waals surface area contributed by atoms with Gasteiger partial charge in [-0.05, 0) is 53.0 Å². The monoisotopic (exact) mass is 332 g/mol. The molecule has 0 spiro atoms. The Kier molecular flexibility index (Phi) is 9.32. The summed E-state index contributed by atoms with van der Waals surface area (Å²) in [5, 5.41) is 9.33. The van der Waals surface area contributed by atoms with E-state index in [1.807, 2.05) is 46.4 Å². The summed E-state index contributed by atoms with van der Waals surface area (Å²) < 4.78 is 5.27. The maximum Gasteiger partial charge on any atom is 0.408 e. The second-order valence-corrected chi connectivity index (χ2v) is 7.70. The average Bonchev–Trinajstić information content (AvgIpc) is 2.34. The van der Waals surface area contributed by atoms with Crippen molar-refractivity contribution >= 4 is 23.8 Å². The lowest BCUT2D eigenvalue weighted by Gasteiger charge is -2.29. The van der Waals surface area contributed by atoms with Crippen molar-refractivity contribution in [1.82, 2.24) is 16.0 Å². The van der Waals surface area contributed by atoms with E-state index in [1.54, 1.807) is 7.05 Å². The molecule has 1 amide bonds. The van der Waals surface area contributed by atoms with Crippen LogP contribution in [-0.2, 0) is 4.74 Å². The lowest BCUT2D eigenvalue weighted by Crippen LogP contribution is -2.54. The molecule has 7 heteroatoms. The molecule has 0 unspecified atom stereocenters. The van der Waals surface area contributed by atoms with Gasteiger partial charge in [0.25, 0.3) is 0 Å². The summed E-state index contributed by atoms with van der Waals surface area (Å²) >= 11 is 1.83. The minimum atomic E-state index is -0.498. The number of nitrogens with one attached hydrogen (secondary N) is 3. The van der Waals surface area contributed by atoms with E-state index < -0.39 is 17.2 Å². The summed E-state index contributed by atoms with van der Waals surface area (Å²) in [5.74, 6) is 1.86. The number of alkyl carbamates (subject to hydrolysis) is 1. The number of hydrogen-bond acceptors (Lipinski definition) is 4. The van der Waals surface area contributed by atoms with Crippen LogP contribution in [0, 0.1) is 0 Å². The molecule has 130 valence electrons. The third-order valence-electron chi connectivity index (χ3n) is 2.58. The molecule has 22 heavy (non-hydrogen) atoms. The van der Waals surface area contributed by atoms with Crippen LogP contribution < -0.4 is 16.0 Å². The average molecular weight is 333 g/mol. The first-order valence-electron chi connectivity index (χ1n) is 7.54. The lowest BCUT2D eigenvalue weighted by molar-refractivity contribution is 0.0474. The largest absolute Gasteiger partial charge is 0.444 e. The number of ether oxygens (including phenoxy) is 1. The van der Waals surface area contributed by atoms with Gasteiger partial charge < -0.3 is 20.7 Å². The molecule has 0 atom stereocenters. The summed E-state index contributed by atoms with van der Waals surface area (Å²) in [4.78, 5) is 16.0. The number of carbonyl (C=O) groups excluding carboxylic acids is 1. The van der Waals surface area contributed by atoms with Gasteiger partial charge in [-0.15, -0.1) is 0 Å². The highest BCUT2D eigenvalue weighted by atomic mass is 32.2. The van der Waals surface area contributed by atoms with E-state index >= 15 is 0 Å². The highest BCUT2D eigenvalue weighted by Gasteiger charge is 2.24. The summed E-state index contributed by atoms with van der Waals surface area (Å²) in [6, 6.07) is 0. The predicted molar refractivity (Wildman–Crippen MR) is 95.8 cm³/mol. The van der Waals surface area contributed by atoms with Gasteiger partial charge in [0, 0.05) is 20.1 Å². The number of guanidine groups is 1. The fourth-order valence-electron chi connectivity index (χ4n) is 1.57. The normalized spacial score (nSPS) is 12.8. The number of amides is 1. The molecule has 0 aromatic rings. The number of nitrogens with zero attached hydrogens (tertiary/aromatic N) is 1. The van der Waals surface area contributed by atoms with Crippen molar-refractivity contribution in [2.75, 3.05) is 32.1 Å². The number of aliphatic imine (C=N–C) groups is 1. The second-order valence-electron chi connectivity index (χ2n) is 6.71. The Bertz CT molecular complexity index is 365. The Labute approximate surface area is 139 Å². The molecule has 3 N–H and O–H groups in total. The molecule has 0 heterocycles. The molecule has 0 aromatic carbocycles. The standard InChI is InChI=1S/C15H32N4O2S/c1-14(2,3)21-13(20)19-15(4,5)11-18-12(16-6)17-9-8-10-22-7/h8-11H2,1-7H3,(H,19,20)(H2,16,17,18). The lowest BCUT2D eigenvalue weighted by atomic mass is 10.1. The van der Waals surface area contributed by atoms with E-state index in [4.69, 9.17) is 4.74 Å². The Hall–Kier alpha value is -1.11. The first kappa shape index (κ1) is 20.9. The second kappa shape index (κ2) is 9.82. The zero-order valence-electron chi connectivity index (χ0n) is 15.0. The Morgan fingerprint density at radius 3 is 2.32 bits per heavy atom. The Morgan fingerprint density at radius 1 is 1.18 bits per heavy atom. The van der Waals surface area contributed by atoms with Gasteiger partial charge in [-0.3, -0.25) is 4.99 Å². The summed E-state index contributed by atoms with van der Waals surface area (Å²) in [6.07, 6.45) is 2.77. The predicted octanol–water partition coefficient (Wildman–Crippen LogP) is 2.21. The van der Waals surface area contributed by atoms with Gasteiger partial charge in [0.05, 0.1) is 5.54 Å². The first-order valence-corrected chi connectivity index (χ1v) is 8.93. The molecule has 0 saturated carbocycles. The third-order valence-corrected chi connectivity index (χ3v) is 3.28. The fourth-order valence-corrected chi connectivity index (χ4v) is 2.01. The zero-order valence-corrected chi connectivity index (χ0v) is 15.8. The summed E-state index contributed by atoms with van der Waals surface area (Å²) in [6.45, 7) is 10.8. The zero-order chi connectivity index (χ0) is 17.2. The molecular formula is C15H32N4O2S. The quantitative estimate of drug-likeness (QED) is 0.379. The SMILES string of the molecule is CN=C(NCCCSC)NCC(C)(C)NC(=O)OC(C)(C)C. The van der Waals surface area contributed by atoms with Gasteiger partial charge in [0.2, 0.25) is 0 Å². The van der Waals surface area contributed by atoms with Gasteiger partial charge in [0.15, 0.2) is 5.96 Å². The number of thioether (sulfide) groups is 1. The van der Waals surface area contributed by atoms with Crippen LogP contribution >= 0.6 is 11.8 Å². The van der Waals surface area contributed by atoms with E-state index in [0.717, 1.165) is 24.7 Å². The molecule has 0 saturated heterocycles. The van der Waals surface area contributed by atoms with Gasteiger partial charge in [-0.1, -0.05) is 0 Å². The van der Waals surface area contributed by atoms with E-state index in [-0.39, 0.29) is 0 Å². The van der Waals surface area contributed by atoms with Crippen molar-refractivity contribution < 1.29 is 9.53 Å². The van der Waals surface area contributed by atoms with Crippen LogP contribution in [0.2, 0.25) is 0 Å². The van der Waals surface area contributed by atoms with Crippen LogP contribution in [-0.4, -0.2) is 55.3 Å². The van der Waals surface area contributed by atoms with E-state index in [9.17, 15) is 4.79 Å². The van der Waals surface area contributed by atoms with Crippen LogP contribution in [0.3, 0.4) is 0 Å². The Morgan fingerprint density at radius 2 is 1.82 bits per heavy atom. The van der Waals surface area contributed by atoms with E-state index in [1.165, 1.54) is 0 Å². The van der Waals surface area contributed by atoms with Crippen molar-refractivity contribution in [3.05, 3.63) is 0 Å². The molecule has 0 rings (SSSR count). The van der Waals surface area contributed by atoms with Crippen molar-refractivity contribution in [3.8, 4) is 0 Å². The first-order chi connectivity index (χ1) is 10.1. The maximum atomic E-state index is 11.8. The molecule has 6 nitrogen and oxygen atoms in total. The van der Waals surface area contributed by atoms with Crippen LogP contribution in [0.1, 0.15) is 41.0 Å². The maximum absolute atomic E-state index is 11.8. The minimum Gasteiger partial charge on any atom is -0.444 e. The molecular weight excluding hydrogens is 300 g/mol. The summed E-state index contributed by atoms with van der Waals surface area (Å²) in [7, 11) is 1.73. The van der Waals surface area contributed by atoms with Gasteiger partial charge in [-0.25, -0.2) is 4.79 Å². The van der Waals surface area contributed by atoms with Crippen LogP contribution in [0.5, 0.6) is 0 Å². The smallest absolute Gasteiger partial charge is 0.408 e.